The van der Waals surface area contributed by atoms with Crippen LogP contribution in [0.5, 0.6) is 0 Å². The van der Waals surface area contributed by atoms with E-state index in [-0.39, 0.29) is 16.2 Å². The van der Waals surface area contributed by atoms with E-state index in [1.54, 1.807) is 0 Å². The Labute approximate surface area is 178 Å². The van der Waals surface area contributed by atoms with Crippen LogP contribution in [0.3, 0.4) is 0 Å². The number of hydrogen-bond acceptors (Lipinski definition) is 6. The van der Waals surface area contributed by atoms with Gasteiger partial charge in [-0.1, -0.05) is 29.9 Å². The molecule has 1 saturated carbocycles. The van der Waals surface area contributed by atoms with Gasteiger partial charge in [-0.15, -0.1) is 0 Å². The fraction of sp³-hybridized carbons (Fsp3) is 0.500. The van der Waals surface area contributed by atoms with E-state index in [0.29, 0.717) is 29.0 Å². The predicted octanol–water partition coefficient (Wildman–Crippen LogP) is 4.41. The zero-order valence-corrected chi connectivity index (χ0v) is 18.7. The number of benzene rings is 1. The molecule has 160 valence electrons. The van der Waals surface area contributed by atoms with Gasteiger partial charge in [0.2, 0.25) is 0 Å². The number of nitrogens with one attached hydrogen (secondary N) is 2. The quantitative estimate of drug-likeness (QED) is 0.575. The minimum Gasteiger partial charge on any atom is -0.382 e. The molecule has 1 heterocycles. The van der Waals surface area contributed by atoms with Gasteiger partial charge in [0.15, 0.2) is 10.3 Å². The van der Waals surface area contributed by atoms with Crippen LogP contribution in [0.4, 0.5) is 19.6 Å². The van der Waals surface area contributed by atoms with Crippen LogP contribution < -0.4 is 10.0 Å². The first-order valence-corrected chi connectivity index (χ1v) is 11.7. The van der Waals surface area contributed by atoms with Crippen molar-refractivity contribution in [3.05, 3.63) is 34.3 Å². The van der Waals surface area contributed by atoms with Crippen molar-refractivity contribution in [3.8, 4) is 0 Å². The van der Waals surface area contributed by atoms with Gasteiger partial charge in [0, 0.05) is 12.6 Å². The van der Waals surface area contributed by atoms with Gasteiger partial charge < -0.3 is 10.2 Å². The number of thiazole rings is 1. The van der Waals surface area contributed by atoms with Crippen molar-refractivity contribution >= 4 is 43.8 Å². The molecule has 1 unspecified atom stereocenters. The molecule has 1 aliphatic rings. The standard InChI is InChI=1S/C18H23ClF2N4O2S2/c1-18(4-5-18)8-11(25(2)3)9-22-14-7-13(20)15(6-12(14)19)29(26,27)24-17-23-10-16(21)28-17/h6-7,10-11,22H,4-5,8-9H2,1-3H3,(H,23,24). The van der Waals surface area contributed by atoms with E-state index in [2.05, 4.69) is 26.8 Å². The molecule has 0 saturated heterocycles. The van der Waals surface area contributed by atoms with Gasteiger partial charge in [-0.2, -0.15) is 4.39 Å². The van der Waals surface area contributed by atoms with E-state index < -0.39 is 25.9 Å². The first-order valence-electron chi connectivity index (χ1n) is 9.03. The third kappa shape index (κ3) is 5.56. The molecule has 0 amide bonds. The second-order valence-electron chi connectivity index (χ2n) is 7.85. The fourth-order valence-corrected chi connectivity index (χ4v) is 5.16. The minimum atomic E-state index is -4.29. The lowest BCUT2D eigenvalue weighted by molar-refractivity contribution is 0.252. The van der Waals surface area contributed by atoms with Crippen molar-refractivity contribution in [2.24, 2.45) is 5.41 Å². The maximum Gasteiger partial charge on any atom is 0.266 e. The molecule has 29 heavy (non-hydrogen) atoms. The van der Waals surface area contributed by atoms with Crippen molar-refractivity contribution in [2.45, 2.75) is 37.1 Å². The highest BCUT2D eigenvalue weighted by molar-refractivity contribution is 7.93. The lowest BCUT2D eigenvalue weighted by atomic mass is 9.98. The second-order valence-corrected chi connectivity index (χ2v) is 10.9. The SMILES string of the molecule is CN(C)C(CNc1cc(F)c(S(=O)(=O)Nc2ncc(F)s2)cc1Cl)CC1(C)CC1. The molecule has 11 heteroatoms. The van der Waals surface area contributed by atoms with Gasteiger partial charge in [0.25, 0.3) is 10.0 Å². The molecular weight excluding hydrogens is 442 g/mol. The largest absolute Gasteiger partial charge is 0.382 e. The summed E-state index contributed by atoms with van der Waals surface area (Å²) in [5.74, 6) is -0.961. The average molecular weight is 465 g/mol. The average Bonchev–Trinajstić information content (AvgIpc) is 3.21. The Balaban J connectivity index is 1.74. The molecule has 2 aromatic rings. The normalized spacial score (nSPS) is 16.7. The first-order chi connectivity index (χ1) is 13.5. The molecular formula is C18H23ClF2N4O2S2. The number of nitrogens with zero attached hydrogens (tertiary/aromatic N) is 2. The maximum atomic E-state index is 14.6. The van der Waals surface area contributed by atoms with Crippen LogP contribution in [0.1, 0.15) is 26.2 Å². The molecule has 0 radical (unpaired) electrons. The lowest BCUT2D eigenvalue weighted by Crippen LogP contribution is -2.36. The number of sulfonamides is 1. The van der Waals surface area contributed by atoms with Gasteiger partial charge in [-0.25, -0.2) is 17.8 Å². The van der Waals surface area contributed by atoms with Crippen LogP contribution >= 0.6 is 22.9 Å². The van der Waals surface area contributed by atoms with Crippen molar-refractivity contribution in [1.29, 1.82) is 0 Å². The Hall–Kier alpha value is -1.49. The molecule has 1 atom stereocenters. The fourth-order valence-electron chi connectivity index (χ4n) is 2.99. The van der Waals surface area contributed by atoms with Gasteiger partial charge in [0.05, 0.1) is 16.9 Å². The van der Waals surface area contributed by atoms with E-state index in [1.165, 1.54) is 12.8 Å². The van der Waals surface area contributed by atoms with E-state index in [9.17, 15) is 17.2 Å². The highest BCUT2D eigenvalue weighted by atomic mass is 35.5. The van der Waals surface area contributed by atoms with Gasteiger partial charge in [-0.3, -0.25) is 4.72 Å². The molecule has 0 aliphatic heterocycles. The van der Waals surface area contributed by atoms with Gasteiger partial charge in [-0.05, 0) is 50.9 Å². The molecule has 2 N–H and O–H groups in total. The molecule has 1 aromatic carbocycles. The predicted molar refractivity (Wildman–Crippen MR) is 112 cm³/mol. The Morgan fingerprint density at radius 1 is 1.34 bits per heavy atom. The Kier molecular flexibility index (Phi) is 6.38. The van der Waals surface area contributed by atoms with Crippen LogP contribution in [0.15, 0.2) is 23.2 Å². The zero-order valence-electron chi connectivity index (χ0n) is 16.3. The first kappa shape index (κ1) is 22.2. The highest BCUT2D eigenvalue weighted by Gasteiger charge is 2.39. The summed E-state index contributed by atoms with van der Waals surface area (Å²) < 4.78 is 54.5. The van der Waals surface area contributed by atoms with Crippen LogP contribution in [0.2, 0.25) is 5.02 Å². The van der Waals surface area contributed by atoms with Gasteiger partial charge >= 0.3 is 0 Å². The number of likely N-dealkylation sites (N-methyl/N-ethyl adjacent to an activating group) is 1. The van der Waals surface area contributed by atoms with E-state index in [0.717, 1.165) is 24.8 Å². The number of halogens is 3. The number of hydrogen-bond donors (Lipinski definition) is 2. The summed E-state index contributed by atoms with van der Waals surface area (Å²) in [5, 5.41) is 2.36. The third-order valence-corrected chi connectivity index (χ3v) is 7.60. The van der Waals surface area contributed by atoms with Crippen LogP contribution in [-0.2, 0) is 10.0 Å². The maximum absolute atomic E-state index is 14.6. The molecule has 1 aromatic heterocycles. The topological polar surface area (TPSA) is 74.3 Å². The van der Waals surface area contributed by atoms with Crippen molar-refractivity contribution < 1.29 is 17.2 Å². The van der Waals surface area contributed by atoms with Crippen LogP contribution in [-0.4, -0.2) is 45.0 Å². The summed E-state index contributed by atoms with van der Waals surface area (Å²) in [6.45, 7) is 2.79. The Morgan fingerprint density at radius 2 is 2.03 bits per heavy atom. The number of rotatable bonds is 9. The monoisotopic (exact) mass is 464 g/mol. The molecule has 6 nitrogen and oxygen atoms in total. The minimum absolute atomic E-state index is 0.0761. The number of anilines is 2. The smallest absolute Gasteiger partial charge is 0.266 e. The van der Waals surface area contributed by atoms with E-state index in [4.69, 9.17) is 11.6 Å². The highest BCUT2D eigenvalue weighted by Crippen LogP contribution is 2.49. The third-order valence-electron chi connectivity index (χ3n) is 5.10. The van der Waals surface area contributed by atoms with Crippen LogP contribution in [0.25, 0.3) is 0 Å². The molecule has 1 fully saturated rings. The van der Waals surface area contributed by atoms with E-state index in [1.807, 2.05) is 14.1 Å². The summed E-state index contributed by atoms with van der Waals surface area (Å²) in [6.07, 6.45) is 4.29. The van der Waals surface area contributed by atoms with Gasteiger partial charge in [0.1, 0.15) is 10.7 Å². The summed E-state index contributed by atoms with van der Waals surface area (Å²) >= 11 is 6.72. The van der Waals surface area contributed by atoms with Crippen molar-refractivity contribution in [1.82, 2.24) is 9.88 Å². The molecule has 3 rings (SSSR count). The zero-order chi connectivity index (χ0) is 21.4. The lowest BCUT2D eigenvalue weighted by Gasteiger charge is -2.28. The molecule has 0 bridgehead atoms. The summed E-state index contributed by atoms with van der Waals surface area (Å²) in [4.78, 5) is 5.06. The summed E-state index contributed by atoms with van der Waals surface area (Å²) in [5.41, 5.74) is 0.668. The Bertz CT molecular complexity index is 994. The number of aromatic nitrogens is 1. The Morgan fingerprint density at radius 3 is 2.59 bits per heavy atom. The summed E-state index contributed by atoms with van der Waals surface area (Å²) in [7, 11) is -0.316. The van der Waals surface area contributed by atoms with Crippen LogP contribution in [0, 0.1) is 16.4 Å². The molecule has 1 aliphatic carbocycles. The van der Waals surface area contributed by atoms with E-state index >= 15 is 0 Å². The molecule has 0 spiro atoms. The van der Waals surface area contributed by atoms with Crippen molar-refractivity contribution in [3.63, 3.8) is 0 Å². The van der Waals surface area contributed by atoms with Crippen molar-refractivity contribution in [2.75, 3.05) is 30.7 Å². The second kappa shape index (κ2) is 8.33. The summed E-state index contributed by atoms with van der Waals surface area (Å²) in [6, 6.07) is 2.33.